The van der Waals surface area contributed by atoms with E-state index >= 15 is 0 Å². The Bertz CT molecular complexity index is 503. The number of para-hydroxylation sites is 1. The molecule has 0 saturated heterocycles. The highest BCUT2D eigenvalue weighted by molar-refractivity contribution is 7.10. The summed E-state index contributed by atoms with van der Waals surface area (Å²) in [6.07, 6.45) is 0. The van der Waals surface area contributed by atoms with Gasteiger partial charge in [0.05, 0.1) is 6.04 Å². The minimum atomic E-state index is 0.354. The zero-order valence-corrected chi connectivity index (χ0v) is 13.4. The van der Waals surface area contributed by atoms with E-state index in [1.54, 1.807) is 11.3 Å². The van der Waals surface area contributed by atoms with E-state index in [9.17, 15) is 0 Å². The van der Waals surface area contributed by atoms with Crippen molar-refractivity contribution in [2.24, 2.45) is 0 Å². The van der Waals surface area contributed by atoms with Gasteiger partial charge in [-0.3, -0.25) is 4.90 Å². The van der Waals surface area contributed by atoms with Crippen LogP contribution in [0.5, 0.6) is 0 Å². The number of hydrogen-bond acceptors (Lipinski definition) is 3. The van der Waals surface area contributed by atoms with E-state index in [0.29, 0.717) is 6.04 Å². The maximum absolute atomic E-state index is 3.65. The standard InChI is InChI=1S/C17H24N2S/c1-4-19(5-2)13-15-9-6-7-10-16(15)18-14(3)17-11-8-12-20-17/h6-12,14,18H,4-5,13H2,1-3H3. The number of nitrogens with zero attached hydrogens (tertiary/aromatic N) is 1. The molecule has 0 amide bonds. The van der Waals surface area contributed by atoms with Crippen LogP contribution in [-0.4, -0.2) is 18.0 Å². The zero-order valence-electron chi connectivity index (χ0n) is 12.6. The van der Waals surface area contributed by atoms with Crippen molar-refractivity contribution in [3.8, 4) is 0 Å². The van der Waals surface area contributed by atoms with Gasteiger partial charge in [-0.2, -0.15) is 0 Å². The number of rotatable bonds is 7. The summed E-state index contributed by atoms with van der Waals surface area (Å²) in [5.41, 5.74) is 2.62. The number of thiophene rings is 1. The third-order valence-electron chi connectivity index (χ3n) is 3.65. The summed E-state index contributed by atoms with van der Waals surface area (Å²) in [6.45, 7) is 9.84. The largest absolute Gasteiger partial charge is 0.377 e. The van der Waals surface area contributed by atoms with Gasteiger partial charge in [0.2, 0.25) is 0 Å². The molecule has 1 atom stereocenters. The van der Waals surface area contributed by atoms with Crippen molar-refractivity contribution in [2.75, 3.05) is 18.4 Å². The fraction of sp³-hybridized carbons (Fsp3) is 0.412. The van der Waals surface area contributed by atoms with E-state index in [2.05, 4.69) is 72.8 Å². The molecule has 1 unspecified atom stereocenters. The maximum Gasteiger partial charge on any atom is 0.0578 e. The second-order valence-corrected chi connectivity index (χ2v) is 5.98. The summed E-state index contributed by atoms with van der Waals surface area (Å²) in [7, 11) is 0. The molecule has 0 aliphatic rings. The van der Waals surface area contributed by atoms with E-state index in [1.165, 1.54) is 16.1 Å². The molecular formula is C17H24N2S. The molecule has 0 spiro atoms. The van der Waals surface area contributed by atoms with Crippen LogP contribution in [0.25, 0.3) is 0 Å². The first-order valence-electron chi connectivity index (χ1n) is 7.34. The van der Waals surface area contributed by atoms with Crippen molar-refractivity contribution >= 4 is 17.0 Å². The average Bonchev–Trinajstić information content (AvgIpc) is 3.00. The topological polar surface area (TPSA) is 15.3 Å². The van der Waals surface area contributed by atoms with Crippen LogP contribution in [0.15, 0.2) is 41.8 Å². The molecule has 1 N–H and O–H groups in total. The molecular weight excluding hydrogens is 264 g/mol. The highest BCUT2D eigenvalue weighted by atomic mass is 32.1. The molecule has 0 aliphatic heterocycles. The zero-order chi connectivity index (χ0) is 14.4. The smallest absolute Gasteiger partial charge is 0.0578 e. The minimum absolute atomic E-state index is 0.354. The van der Waals surface area contributed by atoms with Crippen molar-refractivity contribution < 1.29 is 0 Å². The van der Waals surface area contributed by atoms with E-state index in [-0.39, 0.29) is 0 Å². The minimum Gasteiger partial charge on any atom is -0.377 e. The Morgan fingerprint density at radius 1 is 1.10 bits per heavy atom. The third-order valence-corrected chi connectivity index (χ3v) is 4.70. The molecule has 1 aromatic carbocycles. The number of hydrogen-bond donors (Lipinski definition) is 1. The quantitative estimate of drug-likeness (QED) is 0.790. The second kappa shape index (κ2) is 7.46. The Kier molecular flexibility index (Phi) is 5.62. The lowest BCUT2D eigenvalue weighted by atomic mass is 10.1. The highest BCUT2D eigenvalue weighted by Crippen LogP contribution is 2.25. The summed E-state index contributed by atoms with van der Waals surface area (Å²) in [5.74, 6) is 0. The Morgan fingerprint density at radius 3 is 2.50 bits per heavy atom. The lowest BCUT2D eigenvalue weighted by Gasteiger charge is -2.22. The summed E-state index contributed by atoms with van der Waals surface area (Å²) >= 11 is 1.81. The predicted octanol–water partition coefficient (Wildman–Crippen LogP) is 4.76. The fourth-order valence-corrected chi connectivity index (χ4v) is 3.06. The van der Waals surface area contributed by atoms with Crippen LogP contribution < -0.4 is 5.32 Å². The number of benzene rings is 1. The van der Waals surface area contributed by atoms with Gasteiger partial charge in [-0.15, -0.1) is 11.3 Å². The Labute approximate surface area is 126 Å². The van der Waals surface area contributed by atoms with Crippen LogP contribution in [0.3, 0.4) is 0 Å². The van der Waals surface area contributed by atoms with Crippen LogP contribution in [0, 0.1) is 0 Å². The van der Waals surface area contributed by atoms with Crippen molar-refractivity contribution in [1.29, 1.82) is 0 Å². The van der Waals surface area contributed by atoms with Gasteiger partial charge >= 0.3 is 0 Å². The third kappa shape index (κ3) is 3.84. The molecule has 0 radical (unpaired) electrons. The summed E-state index contributed by atoms with van der Waals surface area (Å²) in [6, 6.07) is 13.3. The highest BCUT2D eigenvalue weighted by Gasteiger charge is 2.10. The van der Waals surface area contributed by atoms with E-state index < -0.39 is 0 Å². The van der Waals surface area contributed by atoms with Crippen LogP contribution in [0.1, 0.15) is 37.3 Å². The van der Waals surface area contributed by atoms with Crippen molar-refractivity contribution in [1.82, 2.24) is 4.90 Å². The van der Waals surface area contributed by atoms with Gasteiger partial charge in [-0.1, -0.05) is 38.1 Å². The molecule has 2 nitrogen and oxygen atoms in total. The van der Waals surface area contributed by atoms with Crippen LogP contribution >= 0.6 is 11.3 Å². The molecule has 0 saturated carbocycles. The average molecular weight is 288 g/mol. The van der Waals surface area contributed by atoms with Gasteiger partial charge in [-0.25, -0.2) is 0 Å². The molecule has 108 valence electrons. The lowest BCUT2D eigenvalue weighted by Crippen LogP contribution is -2.23. The van der Waals surface area contributed by atoms with Gasteiger partial charge in [0.25, 0.3) is 0 Å². The maximum atomic E-state index is 3.65. The van der Waals surface area contributed by atoms with Crippen molar-refractivity contribution in [3.05, 3.63) is 52.2 Å². The van der Waals surface area contributed by atoms with Crippen LogP contribution in [0.4, 0.5) is 5.69 Å². The Hall–Kier alpha value is -1.32. The van der Waals surface area contributed by atoms with Gasteiger partial charge in [-0.05, 0) is 43.1 Å². The Balaban J connectivity index is 2.11. The van der Waals surface area contributed by atoms with E-state index in [0.717, 1.165) is 19.6 Å². The SMILES string of the molecule is CCN(CC)Cc1ccccc1NC(C)c1cccs1. The molecule has 2 rings (SSSR count). The van der Waals surface area contributed by atoms with E-state index in [4.69, 9.17) is 0 Å². The number of anilines is 1. The second-order valence-electron chi connectivity index (χ2n) is 5.00. The molecule has 0 aliphatic carbocycles. The summed E-state index contributed by atoms with van der Waals surface area (Å²) < 4.78 is 0. The van der Waals surface area contributed by atoms with Crippen molar-refractivity contribution in [2.45, 2.75) is 33.4 Å². The molecule has 1 heterocycles. The fourth-order valence-electron chi connectivity index (χ4n) is 2.33. The van der Waals surface area contributed by atoms with Crippen molar-refractivity contribution in [3.63, 3.8) is 0 Å². The lowest BCUT2D eigenvalue weighted by molar-refractivity contribution is 0.296. The molecule has 0 fully saturated rings. The first-order valence-corrected chi connectivity index (χ1v) is 8.22. The monoisotopic (exact) mass is 288 g/mol. The number of nitrogens with one attached hydrogen (secondary N) is 1. The normalized spacial score (nSPS) is 12.6. The summed E-state index contributed by atoms with van der Waals surface area (Å²) in [4.78, 5) is 3.82. The van der Waals surface area contributed by atoms with Gasteiger partial charge in [0.15, 0.2) is 0 Å². The first kappa shape index (κ1) is 15.1. The Morgan fingerprint density at radius 2 is 1.85 bits per heavy atom. The predicted molar refractivity (Wildman–Crippen MR) is 89.4 cm³/mol. The first-order chi connectivity index (χ1) is 9.74. The van der Waals surface area contributed by atoms with Gasteiger partial charge in [0.1, 0.15) is 0 Å². The molecule has 1 aromatic heterocycles. The van der Waals surface area contributed by atoms with Crippen LogP contribution in [0.2, 0.25) is 0 Å². The molecule has 0 bridgehead atoms. The van der Waals surface area contributed by atoms with Gasteiger partial charge < -0.3 is 5.32 Å². The molecule has 2 aromatic rings. The molecule has 20 heavy (non-hydrogen) atoms. The van der Waals surface area contributed by atoms with E-state index in [1.807, 2.05) is 0 Å². The molecule has 3 heteroatoms. The summed E-state index contributed by atoms with van der Waals surface area (Å²) in [5, 5.41) is 5.78. The van der Waals surface area contributed by atoms with Gasteiger partial charge in [0, 0.05) is 17.1 Å². The van der Waals surface area contributed by atoms with Crippen LogP contribution in [-0.2, 0) is 6.54 Å².